The fourth-order valence-corrected chi connectivity index (χ4v) is 3.68. The summed E-state index contributed by atoms with van der Waals surface area (Å²) >= 11 is 0. The maximum Gasteiger partial charge on any atom is 0.0575 e. The lowest BCUT2D eigenvalue weighted by Gasteiger charge is -2.29. The molecule has 23 heavy (non-hydrogen) atoms. The van der Waals surface area contributed by atoms with Crippen LogP contribution in [-0.2, 0) is 11.2 Å². The number of unbranched alkanes of at least 4 members (excludes halogenated alkanes) is 5. The van der Waals surface area contributed by atoms with E-state index in [0.29, 0.717) is 12.0 Å². The van der Waals surface area contributed by atoms with Gasteiger partial charge in [-0.25, -0.2) is 0 Å². The summed E-state index contributed by atoms with van der Waals surface area (Å²) in [4.78, 5) is 0. The highest BCUT2D eigenvalue weighted by molar-refractivity contribution is 5.26. The van der Waals surface area contributed by atoms with Crippen LogP contribution in [0.15, 0.2) is 24.3 Å². The van der Waals surface area contributed by atoms with Gasteiger partial charge in [-0.2, -0.15) is 0 Å². The maximum atomic E-state index is 6.03. The van der Waals surface area contributed by atoms with Crippen molar-refractivity contribution in [3.63, 3.8) is 0 Å². The first-order valence-electron chi connectivity index (χ1n) is 10.0. The van der Waals surface area contributed by atoms with Gasteiger partial charge >= 0.3 is 0 Å². The van der Waals surface area contributed by atoms with Gasteiger partial charge in [-0.3, -0.25) is 0 Å². The molecule has 0 spiro atoms. The van der Waals surface area contributed by atoms with Crippen molar-refractivity contribution in [2.24, 2.45) is 0 Å². The lowest BCUT2D eigenvalue weighted by atomic mass is 9.89. The smallest absolute Gasteiger partial charge is 0.0575 e. The molecule has 0 radical (unpaired) electrons. The van der Waals surface area contributed by atoms with E-state index in [-0.39, 0.29) is 0 Å². The first-order chi connectivity index (χ1) is 11.3. The first kappa shape index (κ1) is 18.5. The lowest BCUT2D eigenvalue weighted by molar-refractivity contribution is -0.00111. The van der Waals surface area contributed by atoms with E-state index < -0.39 is 0 Å². The van der Waals surface area contributed by atoms with Gasteiger partial charge in [-0.05, 0) is 43.2 Å². The van der Waals surface area contributed by atoms with E-state index in [1.807, 2.05) is 0 Å². The summed E-state index contributed by atoms with van der Waals surface area (Å²) in [6.45, 7) is 5.45. The molecule has 1 heteroatoms. The zero-order valence-corrected chi connectivity index (χ0v) is 15.4. The summed E-state index contributed by atoms with van der Waals surface area (Å²) < 4.78 is 6.03. The molecular formula is C22H36O. The highest BCUT2D eigenvalue weighted by atomic mass is 16.5. The average Bonchev–Trinajstić information content (AvgIpc) is 2.60. The van der Waals surface area contributed by atoms with Crippen molar-refractivity contribution < 1.29 is 4.74 Å². The van der Waals surface area contributed by atoms with Crippen LogP contribution in [0.3, 0.4) is 0 Å². The molecule has 0 amide bonds. The van der Waals surface area contributed by atoms with Crippen LogP contribution in [0.4, 0.5) is 0 Å². The summed E-state index contributed by atoms with van der Waals surface area (Å²) in [5.41, 5.74) is 2.98. The van der Waals surface area contributed by atoms with E-state index >= 15 is 0 Å². The summed E-state index contributed by atoms with van der Waals surface area (Å²) in [5.74, 6) is 0.617. The van der Waals surface area contributed by atoms with Crippen molar-refractivity contribution >= 4 is 0 Å². The van der Waals surface area contributed by atoms with Crippen molar-refractivity contribution in [3.8, 4) is 0 Å². The first-order valence-corrected chi connectivity index (χ1v) is 10.0. The molecule has 0 aliphatic carbocycles. The minimum absolute atomic E-state index is 0.517. The highest BCUT2D eigenvalue weighted by Gasteiger charge is 2.22. The third kappa shape index (κ3) is 6.67. The van der Waals surface area contributed by atoms with Crippen LogP contribution in [0.1, 0.15) is 95.1 Å². The van der Waals surface area contributed by atoms with E-state index in [4.69, 9.17) is 4.74 Å². The van der Waals surface area contributed by atoms with Crippen molar-refractivity contribution in [1.29, 1.82) is 0 Å². The Kier molecular flexibility index (Phi) is 8.74. The number of hydrogen-bond donors (Lipinski definition) is 0. The van der Waals surface area contributed by atoms with Crippen molar-refractivity contribution in [2.45, 2.75) is 96.5 Å². The minimum atomic E-state index is 0.517. The molecule has 0 N–H and O–H groups in total. The van der Waals surface area contributed by atoms with Crippen LogP contribution < -0.4 is 0 Å². The lowest BCUT2D eigenvalue weighted by Crippen LogP contribution is -2.24. The number of hydrogen-bond acceptors (Lipinski definition) is 1. The van der Waals surface area contributed by atoms with E-state index in [0.717, 1.165) is 6.61 Å². The largest absolute Gasteiger partial charge is 0.378 e. The Labute approximate surface area is 143 Å². The molecule has 1 aliphatic rings. The molecule has 1 saturated heterocycles. The van der Waals surface area contributed by atoms with Gasteiger partial charge in [0.05, 0.1) is 12.7 Å². The average molecular weight is 317 g/mol. The summed E-state index contributed by atoms with van der Waals surface area (Å²) in [7, 11) is 0. The molecule has 1 aromatic carbocycles. The van der Waals surface area contributed by atoms with Gasteiger partial charge in [-0.15, -0.1) is 0 Å². The van der Waals surface area contributed by atoms with E-state index in [1.165, 1.54) is 81.8 Å². The molecule has 130 valence electrons. The fraction of sp³-hybridized carbons (Fsp3) is 0.727. The summed E-state index contributed by atoms with van der Waals surface area (Å²) in [6, 6.07) is 9.39. The van der Waals surface area contributed by atoms with E-state index in [1.54, 1.807) is 0 Å². The van der Waals surface area contributed by atoms with Gasteiger partial charge in [0.1, 0.15) is 0 Å². The number of ether oxygens (including phenoxy) is 1. The van der Waals surface area contributed by atoms with E-state index in [2.05, 4.69) is 38.1 Å². The van der Waals surface area contributed by atoms with Crippen LogP contribution in [0.25, 0.3) is 0 Å². The molecule has 2 atom stereocenters. The Bertz CT molecular complexity index is 400. The van der Waals surface area contributed by atoms with Gasteiger partial charge < -0.3 is 4.74 Å². The summed E-state index contributed by atoms with van der Waals surface area (Å²) in [5, 5.41) is 0. The molecule has 1 aliphatic heterocycles. The van der Waals surface area contributed by atoms with Gasteiger partial charge in [-0.1, -0.05) is 76.6 Å². The maximum absolute atomic E-state index is 6.03. The van der Waals surface area contributed by atoms with Gasteiger partial charge in [0.15, 0.2) is 0 Å². The monoisotopic (exact) mass is 316 g/mol. The molecule has 1 aromatic rings. The second-order valence-electron chi connectivity index (χ2n) is 7.28. The molecule has 2 rings (SSSR count). The quantitative estimate of drug-likeness (QED) is 0.439. The SMILES string of the molecule is CCCCCCCCc1ccc(C2CCC(CCC)OC2)cc1. The Morgan fingerprint density at radius 1 is 0.870 bits per heavy atom. The zero-order chi connectivity index (χ0) is 16.3. The molecule has 0 bridgehead atoms. The third-order valence-electron chi connectivity index (χ3n) is 5.25. The van der Waals surface area contributed by atoms with Crippen LogP contribution in [0.2, 0.25) is 0 Å². The predicted molar refractivity (Wildman–Crippen MR) is 100 cm³/mol. The molecule has 1 fully saturated rings. The highest BCUT2D eigenvalue weighted by Crippen LogP contribution is 2.30. The molecule has 0 saturated carbocycles. The van der Waals surface area contributed by atoms with Crippen LogP contribution in [-0.4, -0.2) is 12.7 Å². The number of benzene rings is 1. The van der Waals surface area contributed by atoms with Crippen molar-refractivity contribution in [3.05, 3.63) is 35.4 Å². The molecule has 0 aromatic heterocycles. The Morgan fingerprint density at radius 3 is 2.26 bits per heavy atom. The Balaban J connectivity index is 1.68. The van der Waals surface area contributed by atoms with Gasteiger partial charge in [0, 0.05) is 5.92 Å². The second-order valence-corrected chi connectivity index (χ2v) is 7.28. The predicted octanol–water partition coefficient (Wildman–Crippen LogP) is 6.65. The fourth-order valence-electron chi connectivity index (χ4n) is 3.68. The molecular weight excluding hydrogens is 280 g/mol. The van der Waals surface area contributed by atoms with Crippen molar-refractivity contribution in [1.82, 2.24) is 0 Å². The summed E-state index contributed by atoms with van der Waals surface area (Å²) in [6.07, 6.45) is 15.0. The topological polar surface area (TPSA) is 9.23 Å². The van der Waals surface area contributed by atoms with Crippen LogP contribution in [0, 0.1) is 0 Å². The van der Waals surface area contributed by atoms with E-state index in [9.17, 15) is 0 Å². The van der Waals surface area contributed by atoms with Crippen molar-refractivity contribution in [2.75, 3.05) is 6.61 Å². The third-order valence-corrected chi connectivity index (χ3v) is 5.25. The number of aryl methyl sites for hydroxylation is 1. The van der Waals surface area contributed by atoms with Crippen LogP contribution >= 0.6 is 0 Å². The Hall–Kier alpha value is -0.820. The van der Waals surface area contributed by atoms with Gasteiger partial charge in [0.25, 0.3) is 0 Å². The minimum Gasteiger partial charge on any atom is -0.378 e. The standard InChI is InChI=1S/C22H36O/c1-3-5-6-7-8-9-11-19-12-14-20(15-13-19)21-16-17-22(10-4-2)23-18-21/h12-15,21-22H,3-11,16-18H2,1-2H3. The molecule has 1 nitrogen and oxygen atoms in total. The normalized spacial score (nSPS) is 21.5. The Morgan fingerprint density at radius 2 is 1.61 bits per heavy atom. The second kappa shape index (κ2) is 10.9. The molecule has 1 heterocycles. The zero-order valence-electron chi connectivity index (χ0n) is 15.4. The van der Waals surface area contributed by atoms with Crippen LogP contribution in [0.5, 0.6) is 0 Å². The molecule has 2 unspecified atom stereocenters. The number of rotatable bonds is 10. The van der Waals surface area contributed by atoms with Gasteiger partial charge in [0.2, 0.25) is 0 Å².